The lowest BCUT2D eigenvalue weighted by Crippen LogP contribution is -2.41. The van der Waals surface area contributed by atoms with Crippen LogP contribution in [0.3, 0.4) is 0 Å². The highest BCUT2D eigenvalue weighted by Gasteiger charge is 2.25. The molecule has 1 fully saturated rings. The SMILES string of the molecule is COCCOCC1CCN(C(=NCCc2cccs2)NCCc2ccco2)C1.I. The van der Waals surface area contributed by atoms with Gasteiger partial charge in [0.25, 0.3) is 0 Å². The Hall–Kier alpha value is -1.10. The molecule has 1 aliphatic heterocycles. The molecule has 3 heterocycles. The van der Waals surface area contributed by atoms with E-state index in [9.17, 15) is 0 Å². The average Bonchev–Trinajstić information content (AvgIpc) is 3.47. The summed E-state index contributed by atoms with van der Waals surface area (Å²) in [6, 6.07) is 8.22. The topological polar surface area (TPSA) is 59.2 Å². The maximum Gasteiger partial charge on any atom is 0.193 e. The van der Waals surface area contributed by atoms with E-state index in [-0.39, 0.29) is 24.0 Å². The van der Waals surface area contributed by atoms with Crippen LogP contribution in [-0.4, -0.2) is 64.0 Å². The first-order valence-corrected chi connectivity index (χ1v) is 10.9. The quantitative estimate of drug-likeness (QED) is 0.207. The molecule has 1 aliphatic rings. The van der Waals surface area contributed by atoms with Gasteiger partial charge in [-0.05, 0) is 30.0 Å². The number of methoxy groups -OCH3 is 1. The minimum atomic E-state index is 0. The summed E-state index contributed by atoms with van der Waals surface area (Å²) in [6.07, 6.45) is 4.70. The maximum atomic E-state index is 5.72. The summed E-state index contributed by atoms with van der Waals surface area (Å²) in [7, 11) is 1.70. The number of thiophene rings is 1. The van der Waals surface area contributed by atoms with Crippen molar-refractivity contribution < 1.29 is 13.9 Å². The minimum absolute atomic E-state index is 0. The predicted octanol–water partition coefficient (Wildman–Crippen LogP) is 3.67. The first-order valence-electron chi connectivity index (χ1n) is 10.00. The first kappa shape index (κ1) is 24.2. The molecule has 8 heteroatoms. The van der Waals surface area contributed by atoms with E-state index < -0.39 is 0 Å². The van der Waals surface area contributed by atoms with E-state index in [4.69, 9.17) is 18.9 Å². The van der Waals surface area contributed by atoms with Crippen LogP contribution in [0.25, 0.3) is 0 Å². The minimum Gasteiger partial charge on any atom is -0.469 e. The van der Waals surface area contributed by atoms with E-state index in [0.717, 1.165) is 63.8 Å². The van der Waals surface area contributed by atoms with E-state index in [0.29, 0.717) is 19.1 Å². The van der Waals surface area contributed by atoms with E-state index in [1.54, 1.807) is 24.7 Å². The summed E-state index contributed by atoms with van der Waals surface area (Å²) < 4.78 is 16.2. The second-order valence-corrected chi connectivity index (χ2v) is 7.99. The smallest absolute Gasteiger partial charge is 0.193 e. The number of rotatable bonds is 11. The molecule has 0 aliphatic carbocycles. The molecule has 1 saturated heterocycles. The fourth-order valence-corrected chi connectivity index (χ4v) is 4.00. The molecule has 2 aromatic heterocycles. The van der Waals surface area contributed by atoms with Crippen molar-refractivity contribution in [3.63, 3.8) is 0 Å². The van der Waals surface area contributed by atoms with Crippen molar-refractivity contribution in [3.8, 4) is 0 Å². The van der Waals surface area contributed by atoms with E-state index in [1.165, 1.54) is 4.88 Å². The largest absolute Gasteiger partial charge is 0.469 e. The summed E-state index contributed by atoms with van der Waals surface area (Å²) in [5, 5.41) is 5.66. The molecular formula is C21H32IN3O3S. The van der Waals surface area contributed by atoms with Crippen LogP contribution in [-0.2, 0) is 22.3 Å². The molecule has 0 aromatic carbocycles. The highest BCUT2D eigenvalue weighted by molar-refractivity contribution is 14.0. The van der Waals surface area contributed by atoms with E-state index in [2.05, 4.69) is 27.7 Å². The fourth-order valence-electron chi connectivity index (χ4n) is 3.30. The molecule has 6 nitrogen and oxygen atoms in total. The van der Waals surface area contributed by atoms with Crippen molar-refractivity contribution in [2.24, 2.45) is 10.9 Å². The van der Waals surface area contributed by atoms with Gasteiger partial charge in [0.05, 0.1) is 26.1 Å². The van der Waals surface area contributed by atoms with Crippen molar-refractivity contribution in [1.29, 1.82) is 0 Å². The van der Waals surface area contributed by atoms with Crippen LogP contribution >= 0.6 is 35.3 Å². The van der Waals surface area contributed by atoms with Gasteiger partial charge in [-0.1, -0.05) is 6.07 Å². The van der Waals surface area contributed by atoms with Crippen LogP contribution in [0.1, 0.15) is 17.1 Å². The van der Waals surface area contributed by atoms with Crippen molar-refractivity contribution >= 4 is 41.3 Å². The van der Waals surface area contributed by atoms with Crippen LogP contribution in [0.15, 0.2) is 45.3 Å². The zero-order chi connectivity index (χ0) is 19.4. The Kier molecular flexibility index (Phi) is 11.7. The molecule has 3 rings (SSSR count). The van der Waals surface area contributed by atoms with E-state index >= 15 is 0 Å². The van der Waals surface area contributed by atoms with Crippen molar-refractivity contribution in [2.45, 2.75) is 19.3 Å². The molecule has 1 N–H and O–H groups in total. The number of nitrogens with zero attached hydrogens (tertiary/aromatic N) is 2. The van der Waals surface area contributed by atoms with Gasteiger partial charge >= 0.3 is 0 Å². The van der Waals surface area contributed by atoms with Crippen LogP contribution in [0, 0.1) is 5.92 Å². The summed E-state index contributed by atoms with van der Waals surface area (Å²) in [4.78, 5) is 8.63. The van der Waals surface area contributed by atoms with Gasteiger partial charge in [-0.25, -0.2) is 0 Å². The van der Waals surface area contributed by atoms with Gasteiger partial charge < -0.3 is 24.1 Å². The van der Waals surface area contributed by atoms with Gasteiger partial charge in [0, 0.05) is 56.9 Å². The second kappa shape index (κ2) is 14.0. The molecule has 162 valence electrons. The molecule has 0 saturated carbocycles. The number of aliphatic imine (C=N–C) groups is 1. The number of ether oxygens (including phenoxy) is 2. The van der Waals surface area contributed by atoms with Gasteiger partial charge in [0.15, 0.2) is 5.96 Å². The highest BCUT2D eigenvalue weighted by Crippen LogP contribution is 2.17. The predicted molar refractivity (Wildman–Crippen MR) is 129 cm³/mol. The average molecular weight is 533 g/mol. The summed E-state index contributed by atoms with van der Waals surface area (Å²) in [5.41, 5.74) is 0. The Balaban J connectivity index is 0.00000300. The third kappa shape index (κ3) is 8.65. The Labute approximate surface area is 194 Å². The van der Waals surface area contributed by atoms with Crippen LogP contribution in [0.2, 0.25) is 0 Å². The highest BCUT2D eigenvalue weighted by atomic mass is 127. The Bertz CT molecular complexity index is 679. The third-order valence-corrected chi connectivity index (χ3v) is 5.74. The Morgan fingerprint density at radius 3 is 3.00 bits per heavy atom. The van der Waals surface area contributed by atoms with Crippen LogP contribution in [0.4, 0.5) is 0 Å². The summed E-state index contributed by atoms with van der Waals surface area (Å²) in [6.45, 7) is 5.72. The van der Waals surface area contributed by atoms with Crippen molar-refractivity contribution in [3.05, 3.63) is 46.5 Å². The Morgan fingerprint density at radius 1 is 1.31 bits per heavy atom. The number of hydrogen-bond acceptors (Lipinski definition) is 5. The number of furan rings is 1. The molecule has 0 bridgehead atoms. The van der Waals surface area contributed by atoms with Gasteiger partial charge in [-0.2, -0.15) is 0 Å². The van der Waals surface area contributed by atoms with Gasteiger partial charge in [0.2, 0.25) is 0 Å². The van der Waals surface area contributed by atoms with Crippen LogP contribution in [0.5, 0.6) is 0 Å². The van der Waals surface area contributed by atoms with Crippen LogP contribution < -0.4 is 5.32 Å². The maximum absolute atomic E-state index is 5.72. The summed E-state index contributed by atoms with van der Waals surface area (Å²) >= 11 is 1.79. The van der Waals surface area contributed by atoms with Gasteiger partial charge in [0.1, 0.15) is 5.76 Å². The number of guanidine groups is 1. The van der Waals surface area contributed by atoms with Gasteiger partial charge in [-0.15, -0.1) is 35.3 Å². The zero-order valence-electron chi connectivity index (χ0n) is 17.0. The summed E-state index contributed by atoms with van der Waals surface area (Å²) in [5.74, 6) is 2.55. The fraction of sp³-hybridized carbons (Fsp3) is 0.571. The van der Waals surface area contributed by atoms with Gasteiger partial charge in [-0.3, -0.25) is 4.99 Å². The van der Waals surface area contributed by atoms with Crippen molar-refractivity contribution in [2.75, 3.05) is 53.1 Å². The number of hydrogen-bond donors (Lipinski definition) is 1. The molecule has 2 aromatic rings. The standard InChI is InChI=1S/C21H31N3O3S.HI/c1-25-13-14-26-17-18-8-11-24(16-18)21(22-9-6-19-4-2-12-27-19)23-10-7-20-5-3-15-28-20;/h2-5,12,15,18H,6-11,13-14,16-17H2,1H3,(H,22,23);1H. The molecule has 1 unspecified atom stereocenters. The molecule has 0 spiro atoms. The normalized spacial score (nSPS) is 16.8. The number of halogens is 1. The number of nitrogens with one attached hydrogen (secondary N) is 1. The van der Waals surface area contributed by atoms with E-state index in [1.807, 2.05) is 12.1 Å². The lowest BCUT2D eigenvalue weighted by Gasteiger charge is -2.22. The monoisotopic (exact) mass is 533 g/mol. The molecule has 1 atom stereocenters. The zero-order valence-corrected chi connectivity index (χ0v) is 20.2. The third-order valence-electron chi connectivity index (χ3n) is 4.81. The molecular weight excluding hydrogens is 501 g/mol. The second-order valence-electron chi connectivity index (χ2n) is 6.96. The van der Waals surface area contributed by atoms with Crippen molar-refractivity contribution in [1.82, 2.24) is 10.2 Å². The Morgan fingerprint density at radius 2 is 2.24 bits per heavy atom. The molecule has 0 radical (unpaired) electrons. The number of likely N-dealkylation sites (tertiary alicyclic amines) is 1. The lowest BCUT2D eigenvalue weighted by molar-refractivity contribution is 0.0536. The molecule has 0 amide bonds. The lowest BCUT2D eigenvalue weighted by atomic mass is 10.1. The molecule has 29 heavy (non-hydrogen) atoms. The first-order chi connectivity index (χ1) is 13.8.